The van der Waals surface area contributed by atoms with Crippen molar-refractivity contribution < 1.29 is 13.2 Å². The number of carbonyl (C=O) groups excluding carboxylic acids is 1. The summed E-state index contributed by atoms with van der Waals surface area (Å²) in [6.07, 6.45) is 4.86. The summed E-state index contributed by atoms with van der Waals surface area (Å²) in [6.45, 7) is 2.88. The van der Waals surface area contributed by atoms with Gasteiger partial charge in [-0.25, -0.2) is 8.42 Å². The number of hydrogen-bond acceptors (Lipinski definition) is 4. The van der Waals surface area contributed by atoms with Gasteiger partial charge in [-0.15, -0.1) is 0 Å². The lowest BCUT2D eigenvalue weighted by Crippen LogP contribution is -2.43. The van der Waals surface area contributed by atoms with Gasteiger partial charge < -0.3 is 11.1 Å². The van der Waals surface area contributed by atoms with E-state index < -0.39 is 15.9 Å². The zero-order chi connectivity index (χ0) is 13.8. The third-order valence-corrected chi connectivity index (χ3v) is 4.48. The molecule has 3 unspecified atom stereocenters. The number of amides is 1. The van der Waals surface area contributed by atoms with E-state index in [1.165, 1.54) is 6.42 Å². The topological polar surface area (TPSA) is 89.3 Å². The minimum absolute atomic E-state index is 0.0396. The number of carbonyl (C=O) groups is 1. The molecule has 0 radical (unpaired) electrons. The first kappa shape index (κ1) is 15.4. The molecule has 1 saturated carbocycles. The normalized spacial score (nSPS) is 25.9. The van der Waals surface area contributed by atoms with E-state index in [2.05, 4.69) is 12.2 Å². The fraction of sp³-hybridized carbons (Fsp3) is 0.917. The average Bonchev–Trinajstić information content (AvgIpc) is 2.67. The van der Waals surface area contributed by atoms with Gasteiger partial charge in [-0.05, 0) is 31.1 Å². The molecule has 5 nitrogen and oxygen atoms in total. The predicted octanol–water partition coefficient (Wildman–Crippen LogP) is 0.301. The van der Waals surface area contributed by atoms with Crippen molar-refractivity contribution in [1.29, 1.82) is 0 Å². The Balaban J connectivity index is 2.23. The molecule has 3 N–H and O–H groups in total. The Kier molecular flexibility index (Phi) is 5.59. The van der Waals surface area contributed by atoms with Crippen LogP contribution in [0.25, 0.3) is 0 Å². The number of sulfone groups is 1. The van der Waals surface area contributed by atoms with Gasteiger partial charge in [-0.1, -0.05) is 13.3 Å². The Hall–Kier alpha value is -0.620. The molecule has 0 spiro atoms. The summed E-state index contributed by atoms with van der Waals surface area (Å²) in [5, 5.41) is 2.82. The van der Waals surface area contributed by atoms with E-state index in [1.54, 1.807) is 0 Å². The highest BCUT2D eigenvalue weighted by Gasteiger charge is 2.23. The standard InChI is InChI=1S/C12H24N2O3S/c1-9-3-4-10(7-9)8-14-12(15)11(13)5-6-18(2,16)17/h9-11H,3-8,13H2,1-2H3,(H,14,15). The van der Waals surface area contributed by atoms with Crippen molar-refractivity contribution in [3.63, 3.8) is 0 Å². The van der Waals surface area contributed by atoms with Gasteiger partial charge in [0.1, 0.15) is 9.84 Å². The zero-order valence-corrected chi connectivity index (χ0v) is 12.0. The maximum atomic E-state index is 11.7. The Morgan fingerprint density at radius 1 is 1.44 bits per heavy atom. The molecule has 0 saturated heterocycles. The largest absolute Gasteiger partial charge is 0.354 e. The second-order valence-corrected chi connectivity index (χ2v) is 7.81. The Labute approximate surface area is 109 Å². The molecular formula is C12H24N2O3S. The van der Waals surface area contributed by atoms with Crippen LogP contribution < -0.4 is 11.1 Å². The van der Waals surface area contributed by atoms with Gasteiger partial charge in [0.15, 0.2) is 0 Å². The third kappa shape index (κ3) is 5.82. The van der Waals surface area contributed by atoms with Crippen molar-refractivity contribution in [3.8, 4) is 0 Å². The zero-order valence-electron chi connectivity index (χ0n) is 11.2. The quantitative estimate of drug-likeness (QED) is 0.730. The van der Waals surface area contributed by atoms with Crippen LogP contribution in [0.5, 0.6) is 0 Å². The van der Waals surface area contributed by atoms with Crippen LogP contribution in [-0.2, 0) is 14.6 Å². The summed E-state index contributed by atoms with van der Waals surface area (Å²) in [4.78, 5) is 11.7. The van der Waals surface area contributed by atoms with E-state index in [0.29, 0.717) is 12.5 Å². The Morgan fingerprint density at radius 2 is 2.11 bits per heavy atom. The van der Waals surface area contributed by atoms with Crippen LogP contribution in [0.2, 0.25) is 0 Å². The first-order valence-electron chi connectivity index (χ1n) is 6.49. The molecule has 0 bridgehead atoms. The van der Waals surface area contributed by atoms with Crippen LogP contribution in [0.1, 0.15) is 32.6 Å². The van der Waals surface area contributed by atoms with Gasteiger partial charge in [-0.2, -0.15) is 0 Å². The van der Waals surface area contributed by atoms with Crippen molar-refractivity contribution in [2.75, 3.05) is 18.6 Å². The Morgan fingerprint density at radius 3 is 2.61 bits per heavy atom. The molecule has 0 aromatic heterocycles. The van der Waals surface area contributed by atoms with E-state index in [0.717, 1.165) is 25.0 Å². The van der Waals surface area contributed by atoms with Crippen molar-refractivity contribution in [3.05, 3.63) is 0 Å². The van der Waals surface area contributed by atoms with Crippen LogP contribution in [-0.4, -0.2) is 38.9 Å². The van der Waals surface area contributed by atoms with Gasteiger partial charge in [-0.3, -0.25) is 4.79 Å². The van der Waals surface area contributed by atoms with Gasteiger partial charge in [0.2, 0.25) is 5.91 Å². The maximum Gasteiger partial charge on any atom is 0.236 e. The Bertz CT molecular complexity index is 381. The van der Waals surface area contributed by atoms with Gasteiger partial charge in [0.25, 0.3) is 0 Å². The molecular weight excluding hydrogens is 252 g/mol. The van der Waals surface area contributed by atoms with Crippen LogP contribution in [0, 0.1) is 11.8 Å². The van der Waals surface area contributed by atoms with Crippen LogP contribution in [0.3, 0.4) is 0 Å². The lowest BCUT2D eigenvalue weighted by atomic mass is 10.1. The van der Waals surface area contributed by atoms with Crippen LogP contribution in [0.4, 0.5) is 0 Å². The molecule has 0 heterocycles. The smallest absolute Gasteiger partial charge is 0.236 e. The number of rotatable bonds is 6. The van der Waals surface area contributed by atoms with Crippen LogP contribution >= 0.6 is 0 Å². The SMILES string of the molecule is CC1CCC(CNC(=O)C(N)CCS(C)(=O)=O)C1. The molecule has 1 rings (SSSR count). The predicted molar refractivity (Wildman–Crippen MR) is 71.8 cm³/mol. The molecule has 0 aromatic carbocycles. The highest BCUT2D eigenvalue weighted by atomic mass is 32.2. The highest BCUT2D eigenvalue weighted by Crippen LogP contribution is 2.29. The fourth-order valence-electron chi connectivity index (χ4n) is 2.36. The minimum Gasteiger partial charge on any atom is -0.354 e. The minimum atomic E-state index is -3.05. The van der Waals surface area contributed by atoms with Gasteiger partial charge >= 0.3 is 0 Å². The summed E-state index contributed by atoms with van der Waals surface area (Å²) in [5.74, 6) is 1.01. The van der Waals surface area contributed by atoms with Gasteiger partial charge in [0.05, 0.1) is 11.8 Å². The monoisotopic (exact) mass is 276 g/mol. The highest BCUT2D eigenvalue weighted by molar-refractivity contribution is 7.90. The van der Waals surface area contributed by atoms with Crippen LogP contribution in [0.15, 0.2) is 0 Å². The molecule has 1 aliphatic rings. The molecule has 1 amide bonds. The van der Waals surface area contributed by atoms with E-state index in [-0.39, 0.29) is 18.1 Å². The molecule has 106 valence electrons. The first-order valence-corrected chi connectivity index (χ1v) is 8.55. The second-order valence-electron chi connectivity index (χ2n) is 5.55. The molecule has 0 aromatic rings. The molecule has 3 atom stereocenters. The van der Waals surface area contributed by atoms with E-state index >= 15 is 0 Å². The fourth-order valence-corrected chi connectivity index (χ4v) is 3.04. The van der Waals surface area contributed by atoms with Crippen molar-refractivity contribution >= 4 is 15.7 Å². The maximum absolute atomic E-state index is 11.7. The molecule has 1 aliphatic carbocycles. The first-order chi connectivity index (χ1) is 8.28. The van der Waals surface area contributed by atoms with Crippen molar-refractivity contribution in [2.45, 2.75) is 38.6 Å². The number of hydrogen-bond donors (Lipinski definition) is 2. The summed E-state index contributed by atoms with van der Waals surface area (Å²) in [5.41, 5.74) is 5.66. The molecule has 6 heteroatoms. The van der Waals surface area contributed by atoms with Gasteiger partial charge in [0, 0.05) is 12.8 Å². The van der Waals surface area contributed by atoms with E-state index in [1.807, 2.05) is 0 Å². The summed E-state index contributed by atoms with van der Waals surface area (Å²) < 4.78 is 21.9. The number of nitrogens with two attached hydrogens (primary N) is 1. The molecule has 0 aliphatic heterocycles. The van der Waals surface area contributed by atoms with E-state index in [9.17, 15) is 13.2 Å². The van der Waals surface area contributed by atoms with E-state index in [4.69, 9.17) is 5.73 Å². The van der Waals surface area contributed by atoms with Crippen molar-refractivity contribution in [2.24, 2.45) is 17.6 Å². The second kappa shape index (κ2) is 6.52. The lowest BCUT2D eigenvalue weighted by molar-refractivity contribution is -0.122. The summed E-state index contributed by atoms with van der Waals surface area (Å²) in [7, 11) is -3.05. The molecule has 1 fully saturated rings. The molecule has 18 heavy (non-hydrogen) atoms. The number of nitrogens with one attached hydrogen (secondary N) is 1. The lowest BCUT2D eigenvalue weighted by Gasteiger charge is -2.14. The van der Waals surface area contributed by atoms with Crippen molar-refractivity contribution in [1.82, 2.24) is 5.32 Å². The summed E-state index contributed by atoms with van der Waals surface area (Å²) in [6, 6.07) is -0.724. The third-order valence-electron chi connectivity index (χ3n) is 3.50. The average molecular weight is 276 g/mol. The summed E-state index contributed by atoms with van der Waals surface area (Å²) >= 11 is 0.